The minimum absolute atomic E-state index is 0.0543. The molecule has 0 N–H and O–H groups in total. The minimum atomic E-state index is -0.619. The van der Waals surface area contributed by atoms with E-state index in [1.807, 2.05) is 17.0 Å². The summed E-state index contributed by atoms with van der Waals surface area (Å²) in [5.74, 6) is -0.376. The van der Waals surface area contributed by atoms with Gasteiger partial charge in [-0.1, -0.05) is 37.6 Å². The first-order valence-corrected chi connectivity index (χ1v) is 10.2. The van der Waals surface area contributed by atoms with Gasteiger partial charge in [-0.3, -0.25) is 14.3 Å². The number of fused-ring (bicyclic) bond motifs is 1. The van der Waals surface area contributed by atoms with E-state index in [9.17, 15) is 9.59 Å². The summed E-state index contributed by atoms with van der Waals surface area (Å²) < 4.78 is 7.14. The van der Waals surface area contributed by atoms with Crippen molar-refractivity contribution in [3.63, 3.8) is 0 Å². The molecule has 1 aliphatic heterocycles. The standard InChI is InChI=1S/C22H27N3O3/c1-3-4-13-28-20-14-19(24(2)23-20)21(26)17-11-12-25(22(17)27)18-10-9-15-7-5-6-8-16(15)18/h5-8,14,17-18H,3-4,9-13H2,1-2H3. The second-order valence-corrected chi connectivity index (χ2v) is 7.68. The Hall–Kier alpha value is -2.63. The van der Waals surface area contributed by atoms with Crippen molar-refractivity contribution in [2.24, 2.45) is 13.0 Å². The molecule has 28 heavy (non-hydrogen) atoms. The highest BCUT2D eigenvalue weighted by molar-refractivity contribution is 6.10. The van der Waals surface area contributed by atoms with Gasteiger partial charge < -0.3 is 9.64 Å². The molecule has 0 spiro atoms. The molecule has 2 atom stereocenters. The van der Waals surface area contributed by atoms with Gasteiger partial charge in [0.25, 0.3) is 0 Å². The molecular weight excluding hydrogens is 354 g/mol. The van der Waals surface area contributed by atoms with E-state index in [1.54, 1.807) is 13.1 Å². The predicted octanol–water partition coefficient (Wildman–Crippen LogP) is 3.32. The summed E-state index contributed by atoms with van der Waals surface area (Å²) >= 11 is 0. The first-order chi connectivity index (χ1) is 13.6. The van der Waals surface area contributed by atoms with Crippen LogP contribution in [0.3, 0.4) is 0 Å². The lowest BCUT2D eigenvalue weighted by molar-refractivity contribution is -0.131. The van der Waals surface area contributed by atoms with E-state index in [2.05, 4.69) is 24.2 Å². The number of likely N-dealkylation sites (tertiary alicyclic amines) is 1. The number of amides is 1. The molecule has 1 saturated heterocycles. The smallest absolute Gasteiger partial charge is 0.234 e. The zero-order chi connectivity index (χ0) is 19.7. The van der Waals surface area contributed by atoms with Gasteiger partial charge in [0.05, 0.1) is 12.6 Å². The van der Waals surface area contributed by atoms with Crippen LogP contribution in [-0.4, -0.2) is 39.5 Å². The molecule has 148 valence electrons. The van der Waals surface area contributed by atoms with Gasteiger partial charge >= 0.3 is 0 Å². The summed E-state index contributed by atoms with van der Waals surface area (Å²) in [7, 11) is 1.73. The predicted molar refractivity (Wildman–Crippen MR) is 105 cm³/mol. The van der Waals surface area contributed by atoms with Crippen LogP contribution < -0.4 is 4.74 Å². The van der Waals surface area contributed by atoms with Gasteiger partial charge in [0, 0.05) is 19.7 Å². The van der Waals surface area contributed by atoms with Gasteiger partial charge in [0.2, 0.25) is 11.8 Å². The van der Waals surface area contributed by atoms with Gasteiger partial charge in [0.1, 0.15) is 11.6 Å². The SMILES string of the molecule is CCCCOc1cc(C(=O)C2CCN(C3CCc4ccccc43)C2=O)n(C)n1. The van der Waals surface area contributed by atoms with E-state index in [1.165, 1.54) is 15.8 Å². The number of aryl methyl sites for hydroxylation is 2. The molecule has 1 amide bonds. The van der Waals surface area contributed by atoms with Crippen LogP contribution in [-0.2, 0) is 18.3 Å². The summed E-state index contributed by atoms with van der Waals surface area (Å²) in [6.07, 6.45) is 4.47. The number of rotatable bonds is 7. The number of hydrogen-bond donors (Lipinski definition) is 0. The third-order valence-corrected chi connectivity index (χ3v) is 5.89. The van der Waals surface area contributed by atoms with Crippen LogP contribution in [0.5, 0.6) is 5.88 Å². The molecule has 0 radical (unpaired) electrons. The number of hydrogen-bond acceptors (Lipinski definition) is 4. The third kappa shape index (κ3) is 3.32. The van der Waals surface area contributed by atoms with E-state index in [4.69, 9.17) is 4.74 Å². The fourth-order valence-electron chi connectivity index (χ4n) is 4.35. The Balaban J connectivity index is 1.48. The molecule has 1 aromatic carbocycles. The fourth-order valence-corrected chi connectivity index (χ4v) is 4.35. The molecule has 6 heteroatoms. The van der Waals surface area contributed by atoms with Crippen molar-refractivity contribution < 1.29 is 14.3 Å². The van der Waals surface area contributed by atoms with E-state index >= 15 is 0 Å². The topological polar surface area (TPSA) is 64.4 Å². The van der Waals surface area contributed by atoms with Gasteiger partial charge in [-0.15, -0.1) is 5.10 Å². The molecule has 2 unspecified atom stereocenters. The molecule has 4 rings (SSSR count). The maximum Gasteiger partial charge on any atom is 0.234 e. The van der Waals surface area contributed by atoms with Gasteiger partial charge in [0.15, 0.2) is 5.78 Å². The lowest BCUT2D eigenvalue weighted by Crippen LogP contribution is -2.33. The molecule has 1 fully saturated rings. The van der Waals surface area contributed by atoms with E-state index < -0.39 is 5.92 Å². The molecule has 2 aliphatic rings. The van der Waals surface area contributed by atoms with Crippen LogP contribution in [0.25, 0.3) is 0 Å². The van der Waals surface area contributed by atoms with Gasteiger partial charge in [-0.2, -0.15) is 0 Å². The first kappa shape index (κ1) is 18.7. The summed E-state index contributed by atoms with van der Waals surface area (Å²) in [5.41, 5.74) is 2.99. The lowest BCUT2D eigenvalue weighted by Gasteiger charge is -2.25. The van der Waals surface area contributed by atoms with Crippen molar-refractivity contribution in [3.8, 4) is 5.88 Å². The maximum atomic E-state index is 13.1. The third-order valence-electron chi connectivity index (χ3n) is 5.89. The second-order valence-electron chi connectivity index (χ2n) is 7.68. The normalized spacial score (nSPS) is 21.2. The number of ether oxygens (including phenoxy) is 1. The Kier molecular flexibility index (Phi) is 5.20. The quantitative estimate of drug-likeness (QED) is 0.419. The van der Waals surface area contributed by atoms with Crippen molar-refractivity contribution in [1.82, 2.24) is 14.7 Å². The average molecular weight is 381 g/mol. The van der Waals surface area contributed by atoms with Crippen LogP contribution in [0.15, 0.2) is 30.3 Å². The van der Waals surface area contributed by atoms with Crippen LogP contribution in [0, 0.1) is 5.92 Å². The Morgan fingerprint density at radius 3 is 2.93 bits per heavy atom. The Morgan fingerprint density at radius 2 is 2.11 bits per heavy atom. The van der Waals surface area contributed by atoms with Gasteiger partial charge in [-0.05, 0) is 36.8 Å². The van der Waals surface area contributed by atoms with Crippen molar-refractivity contribution in [1.29, 1.82) is 0 Å². The second kappa shape index (κ2) is 7.78. The van der Waals surface area contributed by atoms with Crippen LogP contribution in [0.2, 0.25) is 0 Å². The van der Waals surface area contributed by atoms with E-state index in [0.29, 0.717) is 31.1 Å². The minimum Gasteiger partial charge on any atom is -0.477 e. The highest BCUT2D eigenvalue weighted by Crippen LogP contribution is 2.39. The number of ketones is 1. The average Bonchev–Trinajstić information content (AvgIpc) is 3.38. The first-order valence-electron chi connectivity index (χ1n) is 10.2. The van der Waals surface area contributed by atoms with Crippen molar-refractivity contribution >= 4 is 11.7 Å². The van der Waals surface area contributed by atoms with E-state index in [0.717, 1.165) is 25.7 Å². The summed E-state index contributed by atoms with van der Waals surface area (Å²) in [6.45, 7) is 3.31. The summed E-state index contributed by atoms with van der Waals surface area (Å²) in [4.78, 5) is 28.1. The van der Waals surface area contributed by atoms with Gasteiger partial charge in [-0.25, -0.2) is 0 Å². The number of nitrogens with zero attached hydrogens (tertiary/aromatic N) is 3. The highest BCUT2D eigenvalue weighted by atomic mass is 16.5. The Labute approximate surface area is 165 Å². The van der Waals surface area contributed by atoms with E-state index in [-0.39, 0.29) is 17.7 Å². The lowest BCUT2D eigenvalue weighted by atomic mass is 10.00. The highest BCUT2D eigenvalue weighted by Gasteiger charge is 2.42. The largest absolute Gasteiger partial charge is 0.477 e. The number of carbonyl (C=O) groups excluding carboxylic acids is 2. The molecule has 2 aromatic rings. The number of carbonyl (C=O) groups is 2. The number of aromatic nitrogens is 2. The maximum absolute atomic E-state index is 13.1. The van der Waals surface area contributed by atoms with Crippen LogP contribution in [0.1, 0.15) is 60.3 Å². The number of unbranched alkanes of at least 4 members (excludes halogenated alkanes) is 1. The Bertz CT molecular complexity index is 889. The zero-order valence-corrected chi connectivity index (χ0v) is 16.6. The van der Waals surface area contributed by atoms with Crippen LogP contribution in [0.4, 0.5) is 0 Å². The summed E-state index contributed by atoms with van der Waals surface area (Å²) in [5, 5.41) is 4.27. The molecular formula is C22H27N3O3. The molecule has 0 bridgehead atoms. The number of Topliss-reactive ketones (excluding diaryl/α,β-unsaturated/α-hetero) is 1. The van der Waals surface area contributed by atoms with Crippen LogP contribution >= 0.6 is 0 Å². The molecule has 1 aliphatic carbocycles. The van der Waals surface area contributed by atoms with Crippen molar-refractivity contribution in [3.05, 3.63) is 47.2 Å². The molecule has 2 heterocycles. The molecule has 1 aromatic heterocycles. The molecule has 0 saturated carbocycles. The Morgan fingerprint density at radius 1 is 1.29 bits per heavy atom. The zero-order valence-electron chi connectivity index (χ0n) is 16.6. The van der Waals surface area contributed by atoms with Crippen molar-refractivity contribution in [2.45, 2.75) is 45.1 Å². The monoisotopic (exact) mass is 381 g/mol. The number of benzene rings is 1. The van der Waals surface area contributed by atoms with Crippen molar-refractivity contribution in [2.75, 3.05) is 13.2 Å². The summed E-state index contributed by atoms with van der Waals surface area (Å²) in [6, 6.07) is 10.1. The fraction of sp³-hybridized carbons (Fsp3) is 0.500. The molecule has 6 nitrogen and oxygen atoms in total.